The van der Waals surface area contributed by atoms with Gasteiger partial charge in [-0.3, -0.25) is 4.79 Å². The van der Waals surface area contributed by atoms with Crippen LogP contribution in [0.2, 0.25) is 10.3 Å². The molecule has 78 valence electrons. The van der Waals surface area contributed by atoms with Crippen molar-refractivity contribution in [3.05, 3.63) is 46.0 Å². The Balaban J connectivity index is 2.34. The number of carbonyl (C=O) groups excluding carboxylic acids is 1. The topological polar surface area (TPSA) is 42.9 Å². The van der Waals surface area contributed by atoms with Gasteiger partial charge in [0.1, 0.15) is 21.7 Å². The number of nitrogens with zero attached hydrogens (tertiary/aromatic N) is 2. The van der Waals surface area contributed by atoms with Gasteiger partial charge in [0, 0.05) is 11.1 Å². The van der Waals surface area contributed by atoms with Crippen molar-refractivity contribution in [3.63, 3.8) is 0 Å². The van der Waals surface area contributed by atoms with Crippen LogP contribution < -0.4 is 0 Å². The van der Waals surface area contributed by atoms with Crippen LogP contribution in [0.4, 0.5) is 0 Å². The van der Waals surface area contributed by atoms with E-state index in [1.165, 1.54) is 0 Å². The summed E-state index contributed by atoms with van der Waals surface area (Å²) in [5.41, 5.74) is 2.21. The quantitative estimate of drug-likeness (QED) is 0.577. The highest BCUT2D eigenvalue weighted by atomic mass is 35.5. The molecule has 0 radical (unpaired) electrons. The summed E-state index contributed by atoms with van der Waals surface area (Å²) in [5.74, 6) is -0.227. The fourth-order valence-electron chi connectivity index (χ4n) is 1.76. The Labute approximate surface area is 101 Å². The van der Waals surface area contributed by atoms with E-state index in [9.17, 15) is 4.79 Å². The molecule has 0 saturated heterocycles. The number of aromatic nitrogens is 2. The molecule has 0 aliphatic heterocycles. The lowest BCUT2D eigenvalue weighted by Crippen LogP contribution is -2.00. The molecule has 3 nitrogen and oxygen atoms in total. The minimum absolute atomic E-state index is 0.227. The molecule has 5 heteroatoms. The van der Waals surface area contributed by atoms with Crippen LogP contribution in [0.15, 0.2) is 24.3 Å². The van der Waals surface area contributed by atoms with Crippen LogP contribution >= 0.6 is 23.2 Å². The summed E-state index contributed by atoms with van der Waals surface area (Å²) in [5, 5.41) is 0.594. The maximum absolute atomic E-state index is 12.0. The molecule has 3 rings (SSSR count). The van der Waals surface area contributed by atoms with Gasteiger partial charge >= 0.3 is 0 Å². The van der Waals surface area contributed by atoms with Crippen molar-refractivity contribution >= 4 is 29.0 Å². The first kappa shape index (κ1) is 9.75. The zero-order valence-electron chi connectivity index (χ0n) is 7.87. The van der Waals surface area contributed by atoms with Crippen LogP contribution in [0.3, 0.4) is 0 Å². The maximum Gasteiger partial charge on any atom is 0.231 e. The fourth-order valence-corrected chi connectivity index (χ4v) is 2.06. The van der Waals surface area contributed by atoms with E-state index in [4.69, 9.17) is 23.2 Å². The summed E-state index contributed by atoms with van der Waals surface area (Å²) >= 11 is 11.5. The van der Waals surface area contributed by atoms with E-state index in [-0.39, 0.29) is 5.78 Å². The first-order valence-corrected chi connectivity index (χ1v) is 5.30. The highest BCUT2D eigenvalue weighted by molar-refractivity contribution is 6.31. The highest BCUT2D eigenvalue weighted by Gasteiger charge is 2.29. The van der Waals surface area contributed by atoms with Gasteiger partial charge in [-0.05, 0) is 24.3 Å². The third-order valence-corrected chi connectivity index (χ3v) is 2.86. The predicted molar refractivity (Wildman–Crippen MR) is 60.9 cm³/mol. The first-order valence-electron chi connectivity index (χ1n) is 4.55. The molecule has 0 fully saturated rings. The predicted octanol–water partition coefficient (Wildman–Crippen LogP) is 2.99. The lowest BCUT2D eigenvalue weighted by molar-refractivity contribution is 0.103. The maximum atomic E-state index is 12.0. The summed E-state index contributed by atoms with van der Waals surface area (Å²) in [6.45, 7) is 0. The first-order chi connectivity index (χ1) is 7.66. The van der Waals surface area contributed by atoms with Crippen molar-refractivity contribution < 1.29 is 4.79 Å². The second-order valence-corrected chi connectivity index (χ2v) is 4.16. The van der Waals surface area contributed by atoms with Gasteiger partial charge in [0.25, 0.3) is 0 Å². The molecule has 2 aromatic heterocycles. The molecule has 2 aromatic rings. The molecule has 0 amide bonds. The molecule has 0 aromatic carbocycles. The Kier molecular flexibility index (Phi) is 1.99. The number of carbonyl (C=O) groups is 1. The van der Waals surface area contributed by atoms with E-state index in [2.05, 4.69) is 9.97 Å². The molecule has 2 heterocycles. The molecule has 0 saturated carbocycles. The Hall–Kier alpha value is -1.45. The van der Waals surface area contributed by atoms with E-state index in [0.29, 0.717) is 21.7 Å². The summed E-state index contributed by atoms with van der Waals surface area (Å²) < 4.78 is 0. The molecule has 0 N–H and O–H groups in total. The average Bonchev–Trinajstić information content (AvgIpc) is 2.53. The van der Waals surface area contributed by atoms with E-state index in [1.807, 2.05) is 0 Å². The van der Waals surface area contributed by atoms with Crippen molar-refractivity contribution in [3.8, 4) is 11.1 Å². The average molecular weight is 251 g/mol. The number of rotatable bonds is 0. The zero-order chi connectivity index (χ0) is 11.3. The Bertz CT molecular complexity index is 572. The number of ketones is 1. The van der Waals surface area contributed by atoms with Crippen LogP contribution in [0.5, 0.6) is 0 Å². The minimum Gasteiger partial charge on any atom is -0.285 e. The Morgan fingerprint density at radius 3 is 1.69 bits per heavy atom. The largest absolute Gasteiger partial charge is 0.285 e. The van der Waals surface area contributed by atoms with E-state index < -0.39 is 0 Å². The third-order valence-electron chi connectivity index (χ3n) is 2.44. The number of hydrogen-bond acceptors (Lipinski definition) is 3. The second kappa shape index (κ2) is 3.27. The summed E-state index contributed by atoms with van der Waals surface area (Å²) in [6, 6.07) is 6.84. The standard InChI is InChI=1S/C11H4Cl2N2O/c12-7-3-1-5-6-2-4-8(13)15-10(6)11(16)9(5)14-7/h1-4H. The second-order valence-electron chi connectivity index (χ2n) is 3.39. The smallest absolute Gasteiger partial charge is 0.231 e. The van der Waals surface area contributed by atoms with Crippen molar-refractivity contribution in [1.29, 1.82) is 0 Å². The Morgan fingerprint density at radius 2 is 1.25 bits per heavy atom. The van der Waals surface area contributed by atoms with Gasteiger partial charge in [-0.2, -0.15) is 0 Å². The molecule has 1 aliphatic rings. The van der Waals surface area contributed by atoms with E-state index in [0.717, 1.165) is 11.1 Å². The van der Waals surface area contributed by atoms with E-state index in [1.54, 1.807) is 24.3 Å². The van der Waals surface area contributed by atoms with E-state index >= 15 is 0 Å². The van der Waals surface area contributed by atoms with Crippen LogP contribution in [-0.2, 0) is 0 Å². The zero-order valence-corrected chi connectivity index (χ0v) is 9.38. The normalized spacial score (nSPS) is 12.5. The minimum atomic E-state index is -0.227. The number of hydrogen-bond donors (Lipinski definition) is 0. The summed E-state index contributed by atoms with van der Waals surface area (Å²) in [4.78, 5) is 20.0. The van der Waals surface area contributed by atoms with Gasteiger partial charge in [0.05, 0.1) is 0 Å². The van der Waals surface area contributed by atoms with Gasteiger partial charge in [-0.15, -0.1) is 0 Å². The number of halogens is 2. The molecule has 0 spiro atoms. The van der Waals surface area contributed by atoms with Gasteiger partial charge < -0.3 is 0 Å². The SMILES string of the molecule is O=C1c2nc(Cl)ccc2-c2ccc(Cl)nc21. The van der Waals surface area contributed by atoms with Crippen molar-refractivity contribution in [2.24, 2.45) is 0 Å². The molecule has 0 atom stereocenters. The molecule has 0 bridgehead atoms. The van der Waals surface area contributed by atoms with Gasteiger partial charge in [0.15, 0.2) is 0 Å². The molecule has 1 aliphatic carbocycles. The Morgan fingerprint density at radius 1 is 0.812 bits per heavy atom. The van der Waals surface area contributed by atoms with Gasteiger partial charge in [-0.25, -0.2) is 9.97 Å². The van der Waals surface area contributed by atoms with Crippen LogP contribution in [0, 0.1) is 0 Å². The highest BCUT2D eigenvalue weighted by Crippen LogP contribution is 2.35. The lowest BCUT2D eigenvalue weighted by atomic mass is 10.1. The number of fused-ring (bicyclic) bond motifs is 3. The fraction of sp³-hybridized carbons (Fsp3) is 0. The monoisotopic (exact) mass is 250 g/mol. The van der Waals surface area contributed by atoms with Crippen LogP contribution in [0.1, 0.15) is 16.2 Å². The summed E-state index contributed by atoms with van der Waals surface area (Å²) in [6.07, 6.45) is 0. The summed E-state index contributed by atoms with van der Waals surface area (Å²) in [7, 11) is 0. The number of pyridine rings is 2. The molecule has 0 unspecified atom stereocenters. The van der Waals surface area contributed by atoms with Crippen molar-refractivity contribution in [2.45, 2.75) is 0 Å². The molecular formula is C11H4Cl2N2O. The van der Waals surface area contributed by atoms with Crippen molar-refractivity contribution in [1.82, 2.24) is 9.97 Å². The van der Waals surface area contributed by atoms with Crippen LogP contribution in [0.25, 0.3) is 11.1 Å². The van der Waals surface area contributed by atoms with Crippen molar-refractivity contribution in [2.75, 3.05) is 0 Å². The van der Waals surface area contributed by atoms with Gasteiger partial charge in [0.2, 0.25) is 5.78 Å². The molecular weight excluding hydrogens is 247 g/mol. The third kappa shape index (κ3) is 1.25. The van der Waals surface area contributed by atoms with Crippen LogP contribution in [-0.4, -0.2) is 15.8 Å². The van der Waals surface area contributed by atoms with Gasteiger partial charge in [-0.1, -0.05) is 23.2 Å². The molecule has 16 heavy (non-hydrogen) atoms. The lowest BCUT2D eigenvalue weighted by Gasteiger charge is -1.98.